The number of alkyl halides is 3. The molecule has 2 heterocycles. The third-order valence-electron chi connectivity index (χ3n) is 5.52. The van der Waals surface area contributed by atoms with Crippen LogP contribution in [0.2, 0.25) is 5.02 Å². The van der Waals surface area contributed by atoms with Crippen LogP contribution in [-0.2, 0) is 4.79 Å². The molecule has 0 aliphatic carbocycles. The molecule has 3 N–H and O–H groups in total. The molecule has 3 aromatic carbocycles. The largest absolute Gasteiger partial charge is 0.573 e. The van der Waals surface area contributed by atoms with Gasteiger partial charge in [-0.15, -0.1) is 13.2 Å². The fourth-order valence-electron chi connectivity index (χ4n) is 3.64. The zero-order chi connectivity index (χ0) is 28.8. The minimum absolute atomic E-state index is 0.0803. The van der Waals surface area contributed by atoms with E-state index >= 15 is 0 Å². The molecule has 0 saturated carbocycles. The van der Waals surface area contributed by atoms with E-state index in [1.807, 2.05) is 0 Å². The molecule has 5 rings (SSSR count). The Morgan fingerprint density at radius 1 is 0.878 bits per heavy atom. The Labute approximate surface area is 236 Å². The summed E-state index contributed by atoms with van der Waals surface area (Å²) < 4.78 is 46.4. The second-order valence-corrected chi connectivity index (χ2v) is 8.97. The number of benzene rings is 3. The van der Waals surface area contributed by atoms with E-state index in [0.29, 0.717) is 39.2 Å². The van der Waals surface area contributed by atoms with E-state index in [0.717, 1.165) is 5.69 Å². The molecule has 2 aromatic heterocycles. The van der Waals surface area contributed by atoms with Gasteiger partial charge in [-0.2, -0.15) is 4.98 Å². The highest BCUT2D eigenvalue weighted by Gasteiger charge is 2.31. The fourth-order valence-corrected chi connectivity index (χ4v) is 3.76. The zero-order valence-corrected chi connectivity index (χ0v) is 21.7. The van der Waals surface area contributed by atoms with Gasteiger partial charge >= 0.3 is 6.36 Å². The Hall–Kier alpha value is -5.10. The minimum Gasteiger partial charge on any atom is -0.406 e. The summed E-state index contributed by atoms with van der Waals surface area (Å²) in [5.41, 5.74) is 3.13. The SMILES string of the molecule is O=C(CNc1ccc(Cl)cc1)Nc1ccc(-c2nc(-c3ccnc(Nc4ccc(OC(F)(F)F)cc4)c3)no2)cc1. The minimum atomic E-state index is -4.76. The van der Waals surface area contributed by atoms with E-state index in [1.54, 1.807) is 60.7 Å². The molecule has 5 aromatic rings. The molecule has 0 aliphatic heterocycles. The summed E-state index contributed by atoms with van der Waals surface area (Å²) in [4.78, 5) is 20.9. The highest BCUT2D eigenvalue weighted by molar-refractivity contribution is 6.30. The summed E-state index contributed by atoms with van der Waals surface area (Å²) in [6.45, 7) is 0.0803. The topological polar surface area (TPSA) is 114 Å². The molecule has 0 spiro atoms. The van der Waals surface area contributed by atoms with Crippen LogP contribution in [-0.4, -0.2) is 33.9 Å². The highest BCUT2D eigenvalue weighted by atomic mass is 35.5. The maximum absolute atomic E-state index is 12.4. The maximum atomic E-state index is 12.4. The smallest absolute Gasteiger partial charge is 0.406 e. The zero-order valence-electron chi connectivity index (χ0n) is 20.9. The van der Waals surface area contributed by atoms with Crippen molar-refractivity contribution in [2.75, 3.05) is 22.5 Å². The molecule has 41 heavy (non-hydrogen) atoms. The lowest BCUT2D eigenvalue weighted by molar-refractivity contribution is -0.274. The molecule has 0 fully saturated rings. The van der Waals surface area contributed by atoms with Gasteiger partial charge in [-0.05, 0) is 84.9 Å². The molecule has 208 valence electrons. The number of anilines is 4. The molecule has 0 atom stereocenters. The quantitative estimate of drug-likeness (QED) is 0.168. The van der Waals surface area contributed by atoms with Gasteiger partial charge in [-0.3, -0.25) is 4.79 Å². The van der Waals surface area contributed by atoms with Gasteiger partial charge in [0.15, 0.2) is 0 Å². The van der Waals surface area contributed by atoms with E-state index in [9.17, 15) is 18.0 Å². The average molecular weight is 581 g/mol. The average Bonchev–Trinajstić information content (AvgIpc) is 3.44. The van der Waals surface area contributed by atoms with Crippen LogP contribution in [0.25, 0.3) is 22.8 Å². The van der Waals surface area contributed by atoms with E-state index in [-0.39, 0.29) is 24.1 Å². The number of amides is 1. The normalized spacial score (nSPS) is 11.1. The number of ether oxygens (including phenoxy) is 1. The fraction of sp³-hybridized carbons (Fsp3) is 0.0714. The summed E-state index contributed by atoms with van der Waals surface area (Å²) in [7, 11) is 0. The van der Waals surface area contributed by atoms with Gasteiger partial charge < -0.3 is 25.2 Å². The van der Waals surface area contributed by atoms with Crippen LogP contribution in [0.5, 0.6) is 5.75 Å². The van der Waals surface area contributed by atoms with Crippen LogP contribution in [0.3, 0.4) is 0 Å². The predicted molar refractivity (Wildman–Crippen MR) is 148 cm³/mol. The Kier molecular flexibility index (Phi) is 8.01. The Morgan fingerprint density at radius 2 is 1.56 bits per heavy atom. The van der Waals surface area contributed by atoms with Crippen molar-refractivity contribution in [3.63, 3.8) is 0 Å². The van der Waals surface area contributed by atoms with Crippen molar-refractivity contribution in [2.24, 2.45) is 0 Å². The van der Waals surface area contributed by atoms with Gasteiger partial charge in [0, 0.05) is 39.4 Å². The van der Waals surface area contributed by atoms with E-state index in [4.69, 9.17) is 16.1 Å². The number of rotatable bonds is 9. The van der Waals surface area contributed by atoms with Crippen molar-refractivity contribution < 1.29 is 27.2 Å². The van der Waals surface area contributed by atoms with Crippen molar-refractivity contribution in [1.82, 2.24) is 15.1 Å². The van der Waals surface area contributed by atoms with Crippen LogP contribution >= 0.6 is 11.6 Å². The molecular weight excluding hydrogens is 561 g/mol. The first-order valence-corrected chi connectivity index (χ1v) is 12.4. The van der Waals surface area contributed by atoms with Crippen molar-refractivity contribution >= 4 is 40.4 Å². The van der Waals surface area contributed by atoms with E-state index in [1.165, 1.54) is 30.5 Å². The molecule has 1 amide bonds. The predicted octanol–water partition coefficient (Wildman–Crippen LogP) is 7.14. The van der Waals surface area contributed by atoms with Gasteiger partial charge in [0.05, 0.1) is 6.54 Å². The number of nitrogens with one attached hydrogen (secondary N) is 3. The van der Waals surface area contributed by atoms with Crippen LogP contribution in [0.4, 0.5) is 36.1 Å². The third-order valence-corrected chi connectivity index (χ3v) is 5.77. The molecule has 0 saturated heterocycles. The lowest BCUT2D eigenvalue weighted by atomic mass is 10.2. The number of nitrogens with zero attached hydrogens (tertiary/aromatic N) is 3. The van der Waals surface area contributed by atoms with Gasteiger partial charge in [0.1, 0.15) is 11.6 Å². The van der Waals surface area contributed by atoms with Gasteiger partial charge in [0.25, 0.3) is 5.89 Å². The first-order valence-electron chi connectivity index (χ1n) is 12.0. The monoisotopic (exact) mass is 580 g/mol. The molecule has 9 nitrogen and oxygen atoms in total. The van der Waals surface area contributed by atoms with Crippen LogP contribution < -0.4 is 20.7 Å². The Balaban J connectivity index is 1.19. The second-order valence-electron chi connectivity index (χ2n) is 8.54. The number of hydrogen-bond donors (Lipinski definition) is 3. The highest BCUT2D eigenvalue weighted by Crippen LogP contribution is 2.27. The first kappa shape index (κ1) is 27.5. The number of carbonyl (C=O) groups excluding carboxylic acids is 1. The summed E-state index contributed by atoms with van der Waals surface area (Å²) in [5, 5.41) is 13.5. The first-order chi connectivity index (χ1) is 19.7. The van der Waals surface area contributed by atoms with Crippen LogP contribution in [0, 0.1) is 0 Å². The molecule has 13 heteroatoms. The third kappa shape index (κ3) is 7.73. The van der Waals surface area contributed by atoms with Crippen LogP contribution in [0.15, 0.2) is 95.6 Å². The van der Waals surface area contributed by atoms with Crippen molar-refractivity contribution in [1.29, 1.82) is 0 Å². The van der Waals surface area contributed by atoms with E-state index in [2.05, 4.69) is 35.8 Å². The molecular formula is C28H20ClF3N6O3. The number of hydrogen-bond acceptors (Lipinski definition) is 8. The lowest BCUT2D eigenvalue weighted by Gasteiger charge is -2.10. The van der Waals surface area contributed by atoms with E-state index < -0.39 is 6.36 Å². The Morgan fingerprint density at radius 3 is 2.27 bits per heavy atom. The number of pyridine rings is 1. The summed E-state index contributed by atoms with van der Waals surface area (Å²) in [6.07, 6.45) is -3.23. The number of halogens is 4. The maximum Gasteiger partial charge on any atom is 0.573 e. The van der Waals surface area contributed by atoms with Crippen LogP contribution in [0.1, 0.15) is 0 Å². The van der Waals surface area contributed by atoms with Crippen molar-refractivity contribution in [2.45, 2.75) is 6.36 Å². The lowest BCUT2D eigenvalue weighted by Crippen LogP contribution is -2.21. The Bertz CT molecular complexity index is 1630. The molecule has 0 radical (unpaired) electrons. The molecule has 0 unspecified atom stereocenters. The standard InChI is InChI=1S/C28H20ClF3N6O3/c29-19-3-7-20(8-4-19)34-16-25(39)36-22-5-1-17(2-6-22)27-37-26(38-41-27)18-13-14-33-24(15-18)35-21-9-11-23(12-10-21)40-28(30,31)32/h1-15,34H,16H2,(H,33,35)(H,36,39). The molecule has 0 bridgehead atoms. The summed E-state index contributed by atoms with van der Waals surface area (Å²) in [5.74, 6) is 0.453. The van der Waals surface area contributed by atoms with Gasteiger partial charge in [-0.1, -0.05) is 16.8 Å². The second kappa shape index (κ2) is 12.0. The summed E-state index contributed by atoms with van der Waals surface area (Å²) in [6, 6.07) is 22.6. The summed E-state index contributed by atoms with van der Waals surface area (Å²) >= 11 is 5.87. The number of carbonyl (C=O) groups is 1. The number of aromatic nitrogens is 3. The van der Waals surface area contributed by atoms with Crippen molar-refractivity contribution in [3.8, 4) is 28.6 Å². The van der Waals surface area contributed by atoms with Gasteiger partial charge in [0.2, 0.25) is 11.7 Å². The van der Waals surface area contributed by atoms with Crippen molar-refractivity contribution in [3.05, 3.63) is 96.1 Å². The van der Waals surface area contributed by atoms with Gasteiger partial charge in [-0.25, -0.2) is 4.98 Å². The molecule has 0 aliphatic rings.